The molecule has 0 aliphatic heterocycles. The van der Waals surface area contributed by atoms with Crippen molar-refractivity contribution in [3.63, 3.8) is 0 Å². The molecule has 1 N–H and O–H groups in total. The fraction of sp³-hybridized carbons (Fsp3) is 0.105. The van der Waals surface area contributed by atoms with E-state index in [-0.39, 0.29) is 5.56 Å². The second-order valence-electron chi connectivity index (χ2n) is 5.44. The lowest BCUT2D eigenvalue weighted by atomic mass is 10.0. The summed E-state index contributed by atoms with van der Waals surface area (Å²) in [6.07, 6.45) is 0. The first-order valence-electron chi connectivity index (χ1n) is 7.57. The summed E-state index contributed by atoms with van der Waals surface area (Å²) in [6, 6.07) is 13.4. The van der Waals surface area contributed by atoms with E-state index in [1.54, 1.807) is 48.5 Å². The summed E-state index contributed by atoms with van der Waals surface area (Å²) in [5, 5.41) is 0.622. The summed E-state index contributed by atoms with van der Waals surface area (Å²) in [7, 11) is 0. The molecule has 0 saturated carbocycles. The number of hydrogen-bond acceptors (Lipinski definition) is 5. The number of carbonyl (C=O) groups excluding carboxylic acids is 2. The zero-order chi connectivity index (χ0) is 18.0. The number of benzene rings is 2. The van der Waals surface area contributed by atoms with Crippen molar-refractivity contribution in [2.24, 2.45) is 0 Å². The zero-order valence-corrected chi connectivity index (χ0v) is 13.7. The molecule has 0 aliphatic carbocycles. The van der Waals surface area contributed by atoms with Crippen LogP contribution < -0.4 is 15.0 Å². The first-order valence-corrected chi connectivity index (χ1v) is 7.57. The van der Waals surface area contributed by atoms with Crippen LogP contribution in [-0.2, 0) is 9.59 Å². The number of ether oxygens (including phenoxy) is 2. The third-order valence-corrected chi connectivity index (χ3v) is 3.53. The van der Waals surface area contributed by atoms with Gasteiger partial charge in [-0.2, -0.15) is 0 Å². The van der Waals surface area contributed by atoms with Crippen molar-refractivity contribution < 1.29 is 19.1 Å². The van der Waals surface area contributed by atoms with Crippen molar-refractivity contribution in [2.45, 2.75) is 13.8 Å². The van der Waals surface area contributed by atoms with Crippen LogP contribution in [0.2, 0.25) is 0 Å². The van der Waals surface area contributed by atoms with Gasteiger partial charge in [0.2, 0.25) is 0 Å². The van der Waals surface area contributed by atoms with Gasteiger partial charge < -0.3 is 14.5 Å². The van der Waals surface area contributed by atoms with E-state index in [0.29, 0.717) is 33.5 Å². The number of carbonyl (C=O) groups is 2. The number of aromatic nitrogens is 1. The van der Waals surface area contributed by atoms with E-state index in [4.69, 9.17) is 9.47 Å². The molecule has 0 atom stereocenters. The van der Waals surface area contributed by atoms with Gasteiger partial charge in [0.1, 0.15) is 11.5 Å². The molecule has 126 valence electrons. The number of esters is 2. The highest BCUT2D eigenvalue weighted by Crippen LogP contribution is 2.28. The maximum atomic E-state index is 12.4. The van der Waals surface area contributed by atoms with Crippen LogP contribution in [0.3, 0.4) is 0 Å². The van der Waals surface area contributed by atoms with E-state index in [1.807, 2.05) is 0 Å². The smallest absolute Gasteiger partial charge is 0.308 e. The van der Waals surface area contributed by atoms with Gasteiger partial charge in [-0.3, -0.25) is 14.4 Å². The van der Waals surface area contributed by atoms with Gasteiger partial charge in [0, 0.05) is 24.8 Å². The standard InChI is InChI=1S/C19H15NO5/c1-11(21)24-14-8-6-13(7-9-14)15-10-16-17(20-19(15)23)4-3-5-18(16)25-12(2)22/h3-10H,1-2H3,(H,20,23). The van der Waals surface area contributed by atoms with E-state index in [2.05, 4.69) is 4.98 Å². The van der Waals surface area contributed by atoms with Gasteiger partial charge in [-0.25, -0.2) is 0 Å². The molecule has 6 nitrogen and oxygen atoms in total. The highest BCUT2D eigenvalue weighted by Gasteiger charge is 2.11. The minimum absolute atomic E-state index is 0.271. The third kappa shape index (κ3) is 3.58. The fourth-order valence-corrected chi connectivity index (χ4v) is 2.53. The summed E-state index contributed by atoms with van der Waals surface area (Å²) < 4.78 is 10.2. The van der Waals surface area contributed by atoms with E-state index in [1.165, 1.54) is 13.8 Å². The topological polar surface area (TPSA) is 85.5 Å². The molecule has 25 heavy (non-hydrogen) atoms. The predicted molar refractivity (Wildman–Crippen MR) is 92.6 cm³/mol. The third-order valence-electron chi connectivity index (χ3n) is 3.53. The van der Waals surface area contributed by atoms with Crippen molar-refractivity contribution in [1.82, 2.24) is 4.98 Å². The summed E-state index contributed by atoms with van der Waals surface area (Å²) >= 11 is 0. The molecule has 0 aliphatic rings. The summed E-state index contributed by atoms with van der Waals surface area (Å²) in [6.45, 7) is 2.64. The Labute approximate surface area is 143 Å². The summed E-state index contributed by atoms with van der Waals surface area (Å²) in [4.78, 5) is 37.4. The molecule has 6 heteroatoms. The average molecular weight is 337 g/mol. The molecular weight excluding hydrogens is 322 g/mol. The van der Waals surface area contributed by atoms with E-state index in [9.17, 15) is 14.4 Å². The van der Waals surface area contributed by atoms with Crippen LogP contribution in [0.15, 0.2) is 53.3 Å². The molecule has 0 radical (unpaired) electrons. The zero-order valence-electron chi connectivity index (χ0n) is 13.7. The maximum absolute atomic E-state index is 12.4. The molecule has 1 aromatic heterocycles. The number of aromatic amines is 1. The molecule has 3 rings (SSSR count). The summed E-state index contributed by atoms with van der Waals surface area (Å²) in [5.74, 6) is -0.0820. The maximum Gasteiger partial charge on any atom is 0.308 e. The highest BCUT2D eigenvalue weighted by molar-refractivity contribution is 5.90. The Kier molecular flexibility index (Phi) is 4.35. The number of pyridine rings is 1. The van der Waals surface area contributed by atoms with E-state index in [0.717, 1.165) is 0 Å². The van der Waals surface area contributed by atoms with E-state index < -0.39 is 11.9 Å². The number of hydrogen-bond donors (Lipinski definition) is 1. The first-order chi connectivity index (χ1) is 11.9. The molecule has 0 saturated heterocycles. The highest BCUT2D eigenvalue weighted by atomic mass is 16.5. The van der Waals surface area contributed by atoms with Crippen LogP contribution >= 0.6 is 0 Å². The molecule has 0 bridgehead atoms. The van der Waals surface area contributed by atoms with Gasteiger partial charge >= 0.3 is 11.9 Å². The number of rotatable bonds is 3. The predicted octanol–water partition coefficient (Wildman–Crippen LogP) is 3.05. The Morgan fingerprint density at radius 3 is 2.24 bits per heavy atom. The van der Waals surface area contributed by atoms with Crippen LogP contribution in [0.1, 0.15) is 13.8 Å². The van der Waals surface area contributed by atoms with Crippen LogP contribution in [0, 0.1) is 0 Å². The number of fused-ring (bicyclic) bond motifs is 1. The Hall–Kier alpha value is -3.41. The lowest BCUT2D eigenvalue weighted by Gasteiger charge is -2.08. The van der Waals surface area contributed by atoms with Crippen molar-refractivity contribution >= 4 is 22.8 Å². The van der Waals surface area contributed by atoms with Crippen LogP contribution in [0.5, 0.6) is 11.5 Å². The molecule has 0 unspecified atom stereocenters. The lowest BCUT2D eigenvalue weighted by Crippen LogP contribution is -2.10. The Balaban J connectivity index is 2.09. The van der Waals surface area contributed by atoms with Gasteiger partial charge in [-0.05, 0) is 35.9 Å². The van der Waals surface area contributed by atoms with Crippen molar-refractivity contribution in [2.75, 3.05) is 0 Å². The Bertz CT molecular complexity index is 1020. The quantitative estimate of drug-likeness (QED) is 0.586. The molecule has 0 amide bonds. The minimum atomic E-state index is -0.439. The molecular formula is C19H15NO5. The SMILES string of the molecule is CC(=O)Oc1ccc(-c2cc3c(OC(C)=O)cccc3[nH]c2=O)cc1. The van der Waals surface area contributed by atoms with Crippen molar-refractivity contribution in [3.05, 3.63) is 58.9 Å². The molecule has 1 heterocycles. The normalized spacial score (nSPS) is 10.5. The molecule has 0 fully saturated rings. The van der Waals surface area contributed by atoms with Gasteiger partial charge in [-0.1, -0.05) is 18.2 Å². The van der Waals surface area contributed by atoms with E-state index >= 15 is 0 Å². The lowest BCUT2D eigenvalue weighted by molar-refractivity contribution is -0.132. The van der Waals surface area contributed by atoms with Gasteiger partial charge in [-0.15, -0.1) is 0 Å². The monoisotopic (exact) mass is 337 g/mol. The molecule has 2 aromatic carbocycles. The second-order valence-corrected chi connectivity index (χ2v) is 5.44. The van der Waals surface area contributed by atoms with Gasteiger partial charge in [0.25, 0.3) is 5.56 Å². The second kappa shape index (κ2) is 6.60. The van der Waals surface area contributed by atoms with Crippen molar-refractivity contribution in [3.8, 4) is 22.6 Å². The van der Waals surface area contributed by atoms with Crippen LogP contribution in [0.25, 0.3) is 22.0 Å². The van der Waals surface area contributed by atoms with Gasteiger partial charge in [0.15, 0.2) is 0 Å². The first kappa shape index (κ1) is 16.4. The summed E-state index contributed by atoms with van der Waals surface area (Å²) in [5.41, 5.74) is 1.37. The number of nitrogens with one attached hydrogen (secondary N) is 1. The Morgan fingerprint density at radius 2 is 1.60 bits per heavy atom. The van der Waals surface area contributed by atoms with Gasteiger partial charge in [0.05, 0.1) is 5.52 Å². The molecule has 0 spiro atoms. The minimum Gasteiger partial charge on any atom is -0.427 e. The van der Waals surface area contributed by atoms with Crippen LogP contribution in [-0.4, -0.2) is 16.9 Å². The number of H-pyrrole nitrogens is 1. The Morgan fingerprint density at radius 1 is 0.920 bits per heavy atom. The fourth-order valence-electron chi connectivity index (χ4n) is 2.53. The van der Waals surface area contributed by atoms with Crippen LogP contribution in [0.4, 0.5) is 0 Å². The average Bonchev–Trinajstić information content (AvgIpc) is 2.54. The van der Waals surface area contributed by atoms with Crippen molar-refractivity contribution in [1.29, 1.82) is 0 Å². The molecule has 3 aromatic rings. The largest absolute Gasteiger partial charge is 0.427 e.